The molecule has 3 nitrogen and oxygen atoms in total. The van der Waals surface area contributed by atoms with E-state index in [-0.39, 0.29) is 5.97 Å². The molecule has 3 heteroatoms. The first-order valence-corrected chi connectivity index (χ1v) is 6.29. The maximum absolute atomic E-state index is 10.8. The van der Waals surface area contributed by atoms with Crippen LogP contribution < -0.4 is 0 Å². The molecule has 1 atom stereocenters. The molecule has 0 spiro atoms. The molecule has 1 heterocycles. The highest BCUT2D eigenvalue weighted by Gasteiger charge is 2.11. The number of benzene rings is 1. The predicted molar refractivity (Wildman–Crippen MR) is 72.6 cm³/mol. The lowest BCUT2D eigenvalue weighted by atomic mass is 10.2. The number of carbonyl (C=O) groups is 1. The lowest BCUT2D eigenvalue weighted by Crippen LogP contribution is -2.11. The van der Waals surface area contributed by atoms with Gasteiger partial charge in [0.05, 0.1) is 6.61 Å². The molecule has 2 aromatic rings. The van der Waals surface area contributed by atoms with Crippen LogP contribution in [0.1, 0.15) is 32.0 Å². The van der Waals surface area contributed by atoms with E-state index in [2.05, 4.69) is 48.7 Å². The van der Waals surface area contributed by atoms with Gasteiger partial charge in [0, 0.05) is 30.6 Å². The Morgan fingerprint density at radius 1 is 1.39 bits per heavy atom. The normalized spacial score (nSPS) is 12.6. The highest BCUT2D eigenvalue weighted by Crippen LogP contribution is 2.25. The molecular weight excluding hydrogens is 226 g/mol. The summed E-state index contributed by atoms with van der Waals surface area (Å²) < 4.78 is 7.31. The number of nitrogens with zero attached hydrogens (tertiary/aromatic N) is 1. The number of aryl methyl sites for hydroxylation is 1. The third kappa shape index (κ3) is 2.55. The molecule has 1 aromatic heterocycles. The highest BCUT2D eigenvalue weighted by molar-refractivity contribution is 5.81. The van der Waals surface area contributed by atoms with E-state index in [0.29, 0.717) is 12.6 Å². The first kappa shape index (κ1) is 12.7. The zero-order valence-electron chi connectivity index (χ0n) is 11.1. The second-order valence-corrected chi connectivity index (χ2v) is 4.69. The molecule has 0 aliphatic heterocycles. The Labute approximate surface area is 107 Å². The van der Waals surface area contributed by atoms with E-state index < -0.39 is 0 Å². The second kappa shape index (κ2) is 5.25. The molecule has 0 bridgehead atoms. The smallest absolute Gasteiger partial charge is 0.302 e. The molecule has 0 N–H and O–H groups in total. The van der Waals surface area contributed by atoms with Crippen molar-refractivity contribution in [2.75, 3.05) is 6.61 Å². The summed E-state index contributed by atoms with van der Waals surface area (Å²) in [7, 11) is 0. The van der Waals surface area contributed by atoms with Crippen molar-refractivity contribution in [2.24, 2.45) is 0 Å². The van der Waals surface area contributed by atoms with Gasteiger partial charge in [-0.15, -0.1) is 0 Å². The molecule has 96 valence electrons. The van der Waals surface area contributed by atoms with Gasteiger partial charge in [-0.2, -0.15) is 0 Å². The lowest BCUT2D eigenvalue weighted by molar-refractivity contribution is -0.141. The van der Waals surface area contributed by atoms with Gasteiger partial charge in [-0.25, -0.2) is 0 Å². The van der Waals surface area contributed by atoms with Crippen LogP contribution in [-0.4, -0.2) is 17.1 Å². The first-order valence-electron chi connectivity index (χ1n) is 6.29. The monoisotopic (exact) mass is 245 g/mol. The molecular formula is C15H19NO2. The van der Waals surface area contributed by atoms with Gasteiger partial charge >= 0.3 is 5.97 Å². The molecule has 0 aliphatic carbocycles. The molecule has 18 heavy (non-hydrogen) atoms. The van der Waals surface area contributed by atoms with Crippen LogP contribution in [0, 0.1) is 6.92 Å². The number of hydrogen-bond donors (Lipinski definition) is 0. The lowest BCUT2D eigenvalue weighted by Gasteiger charge is -2.17. The van der Waals surface area contributed by atoms with Crippen molar-refractivity contribution in [3.05, 3.63) is 36.0 Å². The average Bonchev–Trinajstić information content (AvgIpc) is 2.64. The van der Waals surface area contributed by atoms with E-state index >= 15 is 0 Å². The quantitative estimate of drug-likeness (QED) is 0.772. The van der Waals surface area contributed by atoms with Gasteiger partial charge in [-0.05, 0) is 31.4 Å². The number of para-hydroxylation sites is 1. The molecule has 0 radical (unpaired) electrons. The number of fused-ring (bicyclic) bond motifs is 1. The van der Waals surface area contributed by atoms with E-state index in [0.717, 1.165) is 6.42 Å². The van der Waals surface area contributed by atoms with E-state index in [4.69, 9.17) is 4.74 Å². The van der Waals surface area contributed by atoms with E-state index in [1.165, 1.54) is 23.5 Å². The van der Waals surface area contributed by atoms with Crippen LogP contribution in [0.4, 0.5) is 0 Å². The summed E-state index contributed by atoms with van der Waals surface area (Å²) in [6.07, 6.45) is 0.832. The molecule has 1 unspecified atom stereocenters. The Morgan fingerprint density at radius 3 is 2.83 bits per heavy atom. The van der Waals surface area contributed by atoms with Crippen molar-refractivity contribution in [3.63, 3.8) is 0 Å². The van der Waals surface area contributed by atoms with Crippen LogP contribution in [0.2, 0.25) is 0 Å². The Kier molecular flexibility index (Phi) is 3.70. The minimum Gasteiger partial charge on any atom is -0.466 e. The summed E-state index contributed by atoms with van der Waals surface area (Å²) >= 11 is 0. The van der Waals surface area contributed by atoms with E-state index in [1.54, 1.807) is 0 Å². The van der Waals surface area contributed by atoms with Gasteiger partial charge in [-0.3, -0.25) is 4.79 Å². The summed E-state index contributed by atoms with van der Waals surface area (Å²) in [6, 6.07) is 10.9. The van der Waals surface area contributed by atoms with Crippen LogP contribution in [0.5, 0.6) is 0 Å². The zero-order valence-corrected chi connectivity index (χ0v) is 11.1. The predicted octanol–water partition coefficient (Wildman–Crippen LogP) is 3.46. The maximum Gasteiger partial charge on any atom is 0.302 e. The minimum atomic E-state index is -0.212. The van der Waals surface area contributed by atoms with Crippen molar-refractivity contribution in [1.82, 2.24) is 4.57 Å². The van der Waals surface area contributed by atoms with Crippen LogP contribution >= 0.6 is 0 Å². The Morgan fingerprint density at radius 2 is 2.11 bits per heavy atom. The van der Waals surface area contributed by atoms with E-state index in [1.807, 2.05) is 0 Å². The first-order chi connectivity index (χ1) is 8.59. The summed E-state index contributed by atoms with van der Waals surface area (Å²) in [5.74, 6) is -0.212. The number of rotatable bonds is 4. The fraction of sp³-hybridized carbons (Fsp3) is 0.400. The summed E-state index contributed by atoms with van der Waals surface area (Å²) in [4.78, 5) is 10.8. The molecule has 0 fully saturated rings. The number of aromatic nitrogens is 1. The van der Waals surface area contributed by atoms with Crippen molar-refractivity contribution in [3.8, 4) is 0 Å². The van der Waals surface area contributed by atoms with Gasteiger partial charge < -0.3 is 9.30 Å². The van der Waals surface area contributed by atoms with Gasteiger partial charge in [-0.1, -0.05) is 18.2 Å². The number of carbonyl (C=O) groups excluding carboxylic acids is 1. The van der Waals surface area contributed by atoms with Crippen molar-refractivity contribution < 1.29 is 9.53 Å². The number of hydrogen-bond acceptors (Lipinski definition) is 2. The van der Waals surface area contributed by atoms with Gasteiger partial charge in [0.2, 0.25) is 0 Å². The van der Waals surface area contributed by atoms with Gasteiger partial charge in [0.15, 0.2) is 0 Å². The Hall–Kier alpha value is -1.77. The molecule has 0 aliphatic rings. The number of ether oxygens (including phenoxy) is 1. The fourth-order valence-electron chi connectivity index (χ4n) is 2.40. The summed E-state index contributed by atoms with van der Waals surface area (Å²) in [5, 5.41) is 1.26. The fourth-order valence-corrected chi connectivity index (χ4v) is 2.40. The molecule has 2 rings (SSSR count). The van der Waals surface area contributed by atoms with Crippen molar-refractivity contribution >= 4 is 16.9 Å². The minimum absolute atomic E-state index is 0.212. The molecule has 0 amide bonds. The summed E-state index contributed by atoms with van der Waals surface area (Å²) in [6.45, 7) is 6.19. The van der Waals surface area contributed by atoms with Gasteiger partial charge in [0.25, 0.3) is 0 Å². The van der Waals surface area contributed by atoms with Crippen LogP contribution in [0.25, 0.3) is 10.9 Å². The third-order valence-corrected chi connectivity index (χ3v) is 3.22. The standard InChI is InChI=1S/C15H19NO2/c1-11(8-9-18-13(3)17)16-12(2)10-14-6-4-5-7-15(14)16/h4-7,10-11H,8-9H2,1-3H3. The third-order valence-electron chi connectivity index (χ3n) is 3.22. The van der Waals surface area contributed by atoms with Crippen molar-refractivity contribution in [1.29, 1.82) is 0 Å². The van der Waals surface area contributed by atoms with Crippen molar-refractivity contribution in [2.45, 2.75) is 33.2 Å². The average molecular weight is 245 g/mol. The van der Waals surface area contributed by atoms with Gasteiger partial charge in [0.1, 0.15) is 0 Å². The van der Waals surface area contributed by atoms with Crippen LogP contribution in [0.15, 0.2) is 30.3 Å². The Balaban J connectivity index is 2.19. The van der Waals surface area contributed by atoms with Crippen LogP contribution in [-0.2, 0) is 9.53 Å². The van der Waals surface area contributed by atoms with E-state index in [9.17, 15) is 4.79 Å². The highest BCUT2D eigenvalue weighted by atomic mass is 16.5. The number of esters is 1. The second-order valence-electron chi connectivity index (χ2n) is 4.69. The summed E-state index contributed by atoms with van der Waals surface area (Å²) in [5.41, 5.74) is 2.48. The van der Waals surface area contributed by atoms with Crippen LogP contribution in [0.3, 0.4) is 0 Å². The topological polar surface area (TPSA) is 31.2 Å². The SMILES string of the molecule is CC(=O)OCCC(C)n1c(C)cc2ccccc21. The maximum atomic E-state index is 10.8. The molecule has 0 saturated carbocycles. The zero-order chi connectivity index (χ0) is 13.1. The molecule has 1 aromatic carbocycles. The largest absolute Gasteiger partial charge is 0.466 e. The Bertz CT molecular complexity index is 557. The molecule has 0 saturated heterocycles.